The summed E-state index contributed by atoms with van der Waals surface area (Å²) in [4.78, 5) is 22.6. The number of benzene rings is 1. The largest absolute Gasteiger partial charge is 0.473 e. The van der Waals surface area contributed by atoms with Crippen molar-refractivity contribution < 1.29 is 14.7 Å². The van der Waals surface area contributed by atoms with Gasteiger partial charge in [0.05, 0.1) is 10.3 Å². The zero-order valence-corrected chi connectivity index (χ0v) is 8.44. The zero-order valence-electron chi connectivity index (χ0n) is 8.44. The van der Waals surface area contributed by atoms with E-state index in [1.165, 1.54) is 0 Å². The van der Waals surface area contributed by atoms with Crippen LogP contribution in [0.1, 0.15) is 18.1 Å². The molecule has 0 bridgehead atoms. The smallest absolute Gasteiger partial charge is 0.406 e. The van der Waals surface area contributed by atoms with E-state index in [1.54, 1.807) is 19.1 Å². The van der Waals surface area contributed by atoms with Gasteiger partial charge in [-0.05, 0) is 19.4 Å². The molecule has 1 heterocycles. The second kappa shape index (κ2) is 3.02. The third-order valence-corrected chi connectivity index (χ3v) is 2.61. The van der Waals surface area contributed by atoms with E-state index in [9.17, 15) is 9.70 Å². The van der Waals surface area contributed by atoms with Crippen LogP contribution >= 0.6 is 0 Å². The van der Waals surface area contributed by atoms with E-state index in [2.05, 4.69) is 0 Å². The topological polar surface area (TPSA) is 57.4 Å². The van der Waals surface area contributed by atoms with Crippen molar-refractivity contribution in [2.75, 3.05) is 0 Å². The molecule has 0 spiro atoms. The highest BCUT2D eigenvalue weighted by molar-refractivity contribution is 5.97. The number of nitroso groups, excluding NO2 is 1. The number of fused-ring (bicyclic) bond motifs is 1. The van der Waals surface area contributed by atoms with Crippen LogP contribution in [0.3, 0.4) is 0 Å². The summed E-state index contributed by atoms with van der Waals surface area (Å²) in [5.41, 5.74) is 2.43. The second-order valence-corrected chi connectivity index (χ2v) is 3.54. The molecule has 1 aromatic carbocycles. The van der Waals surface area contributed by atoms with Gasteiger partial charge >= 0.3 is 11.7 Å². The van der Waals surface area contributed by atoms with Crippen LogP contribution in [-0.4, -0.2) is 15.8 Å². The van der Waals surface area contributed by atoms with Gasteiger partial charge in [-0.1, -0.05) is 12.1 Å². The molecule has 0 amide bonds. The van der Waals surface area contributed by atoms with Crippen LogP contribution in [0, 0.1) is 11.8 Å². The van der Waals surface area contributed by atoms with Crippen molar-refractivity contribution in [3.05, 3.63) is 39.9 Å². The maximum Gasteiger partial charge on any atom is 0.406 e. The Kier molecular flexibility index (Phi) is 1.93. The molecule has 4 nitrogen and oxygen atoms in total. The molecule has 4 heteroatoms. The fourth-order valence-electron chi connectivity index (χ4n) is 1.95. The third-order valence-electron chi connectivity index (χ3n) is 2.61. The molecule has 0 saturated heterocycles. The summed E-state index contributed by atoms with van der Waals surface area (Å²) < 4.78 is 0.486. The number of aryl methyl sites for hydroxylation is 1. The molecule has 0 radical (unpaired) electrons. The molecule has 0 fully saturated rings. The lowest BCUT2D eigenvalue weighted by Gasteiger charge is -1.96. The Morgan fingerprint density at radius 3 is 2.53 bits per heavy atom. The van der Waals surface area contributed by atoms with E-state index < -0.39 is 5.97 Å². The fraction of sp³-hybridized carbons (Fsp3) is 0.182. The minimum Gasteiger partial charge on any atom is -0.473 e. The molecule has 0 saturated carbocycles. The minimum atomic E-state index is -1.18. The van der Waals surface area contributed by atoms with Gasteiger partial charge in [-0.15, -0.1) is 0 Å². The predicted octanol–water partition coefficient (Wildman–Crippen LogP) is 2.23. The monoisotopic (exact) mass is 204 g/mol. The summed E-state index contributed by atoms with van der Waals surface area (Å²) in [6, 6.07) is 5.24. The molecule has 0 atom stereocenters. The van der Waals surface area contributed by atoms with E-state index in [1.807, 2.05) is 13.0 Å². The number of hydrogen-bond donors (Lipinski definition) is 1. The molecular weight excluding hydrogens is 194 g/mol. The van der Waals surface area contributed by atoms with Crippen molar-refractivity contribution in [3.63, 3.8) is 0 Å². The number of carboxylic acids is 1. The average molecular weight is 204 g/mol. The number of carbonyl (C=O) groups is 1. The summed E-state index contributed by atoms with van der Waals surface area (Å²) >= 11 is 0. The minimum absolute atomic E-state index is 0.181. The summed E-state index contributed by atoms with van der Waals surface area (Å²) in [7, 11) is 0. The molecule has 76 valence electrons. The Morgan fingerprint density at radius 1 is 1.33 bits per heavy atom. The average Bonchev–Trinajstić information content (AvgIpc) is 2.40. The van der Waals surface area contributed by atoms with Crippen LogP contribution in [0.25, 0.3) is 5.57 Å². The Hall–Kier alpha value is -1.97. The van der Waals surface area contributed by atoms with E-state index in [-0.39, 0.29) is 5.70 Å². The van der Waals surface area contributed by atoms with Gasteiger partial charge in [-0.25, -0.2) is 4.79 Å². The van der Waals surface area contributed by atoms with Gasteiger partial charge < -0.3 is 5.11 Å². The van der Waals surface area contributed by atoms with Gasteiger partial charge in [-0.3, -0.25) is 0 Å². The van der Waals surface area contributed by atoms with E-state index >= 15 is 0 Å². The Bertz CT molecular complexity index is 515. The highest BCUT2D eigenvalue weighted by Crippen LogP contribution is 2.39. The Labute approximate surface area is 86.4 Å². The van der Waals surface area contributed by atoms with Crippen molar-refractivity contribution >= 4 is 17.2 Å². The first kappa shape index (κ1) is 9.58. The number of hydrogen-bond acceptors (Lipinski definition) is 2. The van der Waals surface area contributed by atoms with Crippen molar-refractivity contribution in [2.45, 2.75) is 13.8 Å². The van der Waals surface area contributed by atoms with Gasteiger partial charge in [0.25, 0.3) is 5.69 Å². The first-order chi connectivity index (χ1) is 7.04. The van der Waals surface area contributed by atoms with Crippen LogP contribution in [0.5, 0.6) is 0 Å². The van der Waals surface area contributed by atoms with E-state index in [0.29, 0.717) is 16.0 Å². The second-order valence-electron chi connectivity index (χ2n) is 3.54. The number of nitrogens with zero attached hydrogens (tertiary/aromatic N) is 1. The predicted molar refractivity (Wildman–Crippen MR) is 54.7 cm³/mol. The quantitative estimate of drug-likeness (QED) is 0.713. The number of carboxylic acid groups (broad SMARTS) is 1. The first-order valence-corrected chi connectivity index (χ1v) is 4.55. The summed E-state index contributed by atoms with van der Waals surface area (Å²) in [6.07, 6.45) is 0. The van der Waals surface area contributed by atoms with Crippen molar-refractivity contribution in [1.29, 1.82) is 0 Å². The van der Waals surface area contributed by atoms with Crippen LogP contribution in [0.2, 0.25) is 0 Å². The zero-order chi connectivity index (χ0) is 11.2. The van der Waals surface area contributed by atoms with Crippen LogP contribution in [-0.2, 0) is 4.79 Å². The van der Waals surface area contributed by atoms with E-state index in [0.717, 1.165) is 11.1 Å². The first-order valence-electron chi connectivity index (χ1n) is 4.55. The summed E-state index contributed by atoms with van der Waals surface area (Å²) in [6.45, 7) is 3.52. The summed E-state index contributed by atoms with van der Waals surface area (Å²) in [5, 5.41) is 8.92. The normalized spacial score (nSPS) is 14.4. The molecule has 15 heavy (non-hydrogen) atoms. The third kappa shape index (κ3) is 1.18. The number of aliphatic carboxylic acids is 1. The molecule has 0 unspecified atom stereocenters. The lowest BCUT2D eigenvalue weighted by atomic mass is 10.0. The van der Waals surface area contributed by atoms with Crippen molar-refractivity contribution in [1.82, 2.24) is 0 Å². The van der Waals surface area contributed by atoms with Gasteiger partial charge in [-0.2, -0.15) is 0 Å². The molecule has 1 aliphatic rings. The maximum absolute atomic E-state index is 11.7. The number of rotatable bonds is 1. The maximum atomic E-state index is 11.7. The number of allylic oxidation sites excluding steroid dienone is 1. The molecule has 1 aromatic rings. The van der Waals surface area contributed by atoms with Gasteiger partial charge in [0, 0.05) is 16.5 Å². The van der Waals surface area contributed by atoms with Gasteiger partial charge in [0.2, 0.25) is 0 Å². The Morgan fingerprint density at radius 2 is 2.00 bits per heavy atom. The highest BCUT2D eigenvalue weighted by Gasteiger charge is 2.41. The molecular formula is C11H10NO3+. The van der Waals surface area contributed by atoms with Gasteiger partial charge in [0.15, 0.2) is 0 Å². The fourth-order valence-corrected chi connectivity index (χ4v) is 1.95. The SMILES string of the molecule is CC1=C(C(=O)O)[N+](=O)c2cccc(C)c21. The van der Waals surface area contributed by atoms with Crippen LogP contribution in [0.4, 0.5) is 5.69 Å². The molecule has 0 aliphatic carbocycles. The molecule has 1 aliphatic heterocycles. The highest BCUT2D eigenvalue weighted by atomic mass is 16.4. The van der Waals surface area contributed by atoms with Gasteiger partial charge in [0.1, 0.15) is 0 Å². The Balaban J connectivity index is 2.76. The van der Waals surface area contributed by atoms with Crippen LogP contribution < -0.4 is 0 Å². The summed E-state index contributed by atoms with van der Waals surface area (Å²) in [5.74, 6) is -1.18. The molecule has 0 aromatic heterocycles. The standard InChI is InChI=1S/C11H9NO3/c1-6-4-3-5-8-9(6)7(2)10(11(13)14)12(8)15/h3-5H,1-2H3/p+1. The lowest BCUT2D eigenvalue weighted by molar-refractivity contribution is -0.398. The molecule has 1 N–H and O–H groups in total. The van der Waals surface area contributed by atoms with Crippen molar-refractivity contribution in [3.8, 4) is 0 Å². The van der Waals surface area contributed by atoms with E-state index in [4.69, 9.17) is 5.11 Å². The van der Waals surface area contributed by atoms with Crippen LogP contribution in [0.15, 0.2) is 23.9 Å². The lowest BCUT2D eigenvalue weighted by Crippen LogP contribution is -2.08. The molecule has 2 rings (SSSR count). The van der Waals surface area contributed by atoms with Crippen molar-refractivity contribution in [2.24, 2.45) is 0 Å².